The number of carboxylic acid groups (broad SMARTS) is 1. The van der Waals surface area contributed by atoms with Crippen molar-refractivity contribution >= 4 is 23.1 Å². The number of anilines is 2. The molecule has 3 N–H and O–H groups in total. The van der Waals surface area contributed by atoms with Crippen molar-refractivity contribution < 1.29 is 19.8 Å². The number of aryl methyl sites for hydroxylation is 2. The Hall–Kier alpha value is -3.60. The Labute approximate surface area is 156 Å². The van der Waals surface area contributed by atoms with E-state index < -0.39 is 11.8 Å². The van der Waals surface area contributed by atoms with Crippen LogP contribution in [0.25, 0.3) is 0 Å². The lowest BCUT2D eigenvalue weighted by molar-refractivity contribution is 0.0692. The van der Waals surface area contributed by atoms with Gasteiger partial charge in [0.2, 0.25) is 0 Å². The van der Waals surface area contributed by atoms with Crippen molar-refractivity contribution in [2.24, 2.45) is 0 Å². The number of para-hydroxylation sites is 1. The van der Waals surface area contributed by atoms with Crippen LogP contribution in [0.2, 0.25) is 0 Å². The van der Waals surface area contributed by atoms with Crippen LogP contribution in [-0.2, 0) is 0 Å². The summed E-state index contributed by atoms with van der Waals surface area (Å²) in [6, 6.07) is 16.6. The Balaban J connectivity index is 2.02. The summed E-state index contributed by atoms with van der Waals surface area (Å²) in [5, 5.41) is 23.1. The Bertz CT molecular complexity index is 1040. The summed E-state index contributed by atoms with van der Waals surface area (Å²) >= 11 is 0. The maximum absolute atomic E-state index is 12.9. The molecule has 0 amide bonds. The number of carboxylic acids is 1. The van der Waals surface area contributed by atoms with Gasteiger partial charge >= 0.3 is 5.97 Å². The lowest BCUT2D eigenvalue weighted by atomic mass is 9.97. The van der Waals surface area contributed by atoms with Gasteiger partial charge in [-0.3, -0.25) is 4.79 Å². The average Bonchev–Trinajstić information content (AvgIpc) is 2.65. The van der Waals surface area contributed by atoms with Crippen LogP contribution in [0.15, 0.2) is 60.7 Å². The SMILES string of the molecule is Cc1ccc(C)c(Nc2cccc(C(=O)c3ccccc3C(=O)O)c2O)c1. The van der Waals surface area contributed by atoms with Gasteiger partial charge in [0.25, 0.3) is 0 Å². The molecule has 0 unspecified atom stereocenters. The molecule has 27 heavy (non-hydrogen) atoms. The highest BCUT2D eigenvalue weighted by atomic mass is 16.4. The third-order valence-electron chi connectivity index (χ3n) is 4.35. The molecule has 0 aliphatic rings. The lowest BCUT2D eigenvalue weighted by Gasteiger charge is -2.14. The second-order valence-electron chi connectivity index (χ2n) is 6.32. The molecule has 0 fully saturated rings. The van der Waals surface area contributed by atoms with Gasteiger partial charge in [-0.25, -0.2) is 4.79 Å². The molecule has 3 aromatic carbocycles. The van der Waals surface area contributed by atoms with E-state index in [1.165, 1.54) is 18.2 Å². The number of nitrogens with one attached hydrogen (secondary N) is 1. The third kappa shape index (κ3) is 3.67. The molecular formula is C22H19NO4. The van der Waals surface area contributed by atoms with Crippen molar-refractivity contribution in [2.75, 3.05) is 5.32 Å². The van der Waals surface area contributed by atoms with Crippen LogP contribution in [0.5, 0.6) is 5.75 Å². The van der Waals surface area contributed by atoms with E-state index >= 15 is 0 Å². The predicted octanol–water partition coefficient (Wildman–Crippen LogP) is 4.68. The van der Waals surface area contributed by atoms with Crippen LogP contribution in [0, 0.1) is 13.8 Å². The number of rotatable bonds is 5. The number of ketones is 1. The maximum atomic E-state index is 12.9. The van der Waals surface area contributed by atoms with Crippen molar-refractivity contribution in [3.8, 4) is 5.75 Å². The smallest absolute Gasteiger partial charge is 0.336 e. The quantitative estimate of drug-likeness (QED) is 0.454. The van der Waals surface area contributed by atoms with Gasteiger partial charge in [0.05, 0.1) is 16.8 Å². The number of hydrogen-bond donors (Lipinski definition) is 3. The van der Waals surface area contributed by atoms with E-state index in [1.807, 2.05) is 32.0 Å². The molecule has 3 rings (SSSR count). The van der Waals surface area contributed by atoms with Gasteiger partial charge < -0.3 is 15.5 Å². The van der Waals surface area contributed by atoms with Crippen molar-refractivity contribution in [1.82, 2.24) is 0 Å². The van der Waals surface area contributed by atoms with Crippen LogP contribution in [0.1, 0.15) is 37.4 Å². The molecule has 0 radical (unpaired) electrons. The highest BCUT2D eigenvalue weighted by Gasteiger charge is 2.21. The number of carbonyl (C=O) groups excluding carboxylic acids is 1. The van der Waals surface area contributed by atoms with E-state index in [9.17, 15) is 19.8 Å². The number of aromatic hydroxyl groups is 1. The first-order valence-electron chi connectivity index (χ1n) is 8.41. The monoisotopic (exact) mass is 361 g/mol. The number of phenols is 1. The number of benzene rings is 3. The van der Waals surface area contributed by atoms with E-state index in [1.54, 1.807) is 24.3 Å². The first-order valence-corrected chi connectivity index (χ1v) is 8.41. The van der Waals surface area contributed by atoms with Gasteiger partial charge in [-0.15, -0.1) is 0 Å². The Morgan fingerprint density at radius 1 is 0.815 bits per heavy atom. The molecule has 0 saturated heterocycles. The first-order chi connectivity index (χ1) is 12.9. The van der Waals surface area contributed by atoms with E-state index in [2.05, 4.69) is 5.32 Å². The molecule has 3 aromatic rings. The molecule has 136 valence electrons. The fraction of sp³-hybridized carbons (Fsp3) is 0.0909. The summed E-state index contributed by atoms with van der Waals surface area (Å²) in [6.45, 7) is 3.91. The summed E-state index contributed by atoms with van der Waals surface area (Å²) in [5.74, 6) is -1.96. The van der Waals surface area contributed by atoms with Gasteiger partial charge in [-0.2, -0.15) is 0 Å². The highest BCUT2D eigenvalue weighted by molar-refractivity contribution is 6.16. The molecule has 0 aromatic heterocycles. The zero-order valence-corrected chi connectivity index (χ0v) is 15.0. The van der Waals surface area contributed by atoms with Gasteiger partial charge in [-0.05, 0) is 49.2 Å². The van der Waals surface area contributed by atoms with Crippen LogP contribution in [0.3, 0.4) is 0 Å². The second-order valence-corrected chi connectivity index (χ2v) is 6.32. The van der Waals surface area contributed by atoms with Crippen LogP contribution in [0.4, 0.5) is 11.4 Å². The molecule has 0 bridgehead atoms. The van der Waals surface area contributed by atoms with Crippen LogP contribution < -0.4 is 5.32 Å². The molecular weight excluding hydrogens is 342 g/mol. The number of hydrogen-bond acceptors (Lipinski definition) is 4. The molecule has 5 heteroatoms. The van der Waals surface area contributed by atoms with Gasteiger partial charge in [0.15, 0.2) is 5.78 Å². The van der Waals surface area contributed by atoms with Crippen molar-refractivity contribution in [3.63, 3.8) is 0 Å². The van der Waals surface area contributed by atoms with E-state index in [-0.39, 0.29) is 22.4 Å². The number of phenolic OH excluding ortho intramolecular Hbond substituents is 1. The summed E-state index contributed by atoms with van der Waals surface area (Å²) in [6.07, 6.45) is 0. The summed E-state index contributed by atoms with van der Waals surface area (Å²) < 4.78 is 0. The average molecular weight is 361 g/mol. The largest absolute Gasteiger partial charge is 0.505 e. The zero-order valence-electron chi connectivity index (χ0n) is 15.0. The summed E-state index contributed by atoms with van der Waals surface area (Å²) in [4.78, 5) is 24.3. The number of carbonyl (C=O) groups is 2. The van der Waals surface area contributed by atoms with Crippen molar-refractivity contribution in [3.05, 3.63) is 88.5 Å². The van der Waals surface area contributed by atoms with Gasteiger partial charge in [-0.1, -0.05) is 36.4 Å². The van der Waals surface area contributed by atoms with Crippen molar-refractivity contribution in [2.45, 2.75) is 13.8 Å². The zero-order chi connectivity index (χ0) is 19.6. The molecule has 0 aliphatic heterocycles. The summed E-state index contributed by atoms with van der Waals surface area (Å²) in [5.41, 5.74) is 3.22. The third-order valence-corrected chi connectivity index (χ3v) is 4.35. The second kappa shape index (κ2) is 7.33. The first kappa shape index (κ1) is 18.2. The van der Waals surface area contributed by atoms with E-state index in [0.29, 0.717) is 5.69 Å². The maximum Gasteiger partial charge on any atom is 0.336 e. The van der Waals surface area contributed by atoms with E-state index in [0.717, 1.165) is 16.8 Å². The van der Waals surface area contributed by atoms with E-state index in [4.69, 9.17) is 0 Å². The molecule has 5 nitrogen and oxygen atoms in total. The van der Waals surface area contributed by atoms with Crippen LogP contribution >= 0.6 is 0 Å². The Kier molecular flexibility index (Phi) is 4.94. The summed E-state index contributed by atoms with van der Waals surface area (Å²) in [7, 11) is 0. The molecule has 0 aliphatic carbocycles. The Morgan fingerprint density at radius 2 is 1.48 bits per heavy atom. The molecule has 0 spiro atoms. The minimum atomic E-state index is -1.19. The number of aromatic carboxylic acids is 1. The topological polar surface area (TPSA) is 86.6 Å². The van der Waals surface area contributed by atoms with Gasteiger partial charge in [0.1, 0.15) is 5.75 Å². The molecule has 0 heterocycles. The van der Waals surface area contributed by atoms with Crippen molar-refractivity contribution in [1.29, 1.82) is 0 Å². The molecule has 0 saturated carbocycles. The fourth-order valence-electron chi connectivity index (χ4n) is 2.86. The predicted molar refractivity (Wildman–Crippen MR) is 104 cm³/mol. The van der Waals surface area contributed by atoms with Crippen LogP contribution in [-0.4, -0.2) is 22.0 Å². The standard InChI is InChI=1S/C22H19NO4/c1-13-10-11-14(2)19(12-13)23-18-9-5-8-17(21(18)25)20(24)15-6-3-4-7-16(15)22(26)27/h3-12,23,25H,1-2H3,(H,26,27). The lowest BCUT2D eigenvalue weighted by Crippen LogP contribution is -2.10. The molecule has 0 atom stereocenters. The normalized spacial score (nSPS) is 10.4. The highest BCUT2D eigenvalue weighted by Crippen LogP contribution is 2.33. The fourth-order valence-corrected chi connectivity index (χ4v) is 2.86. The van der Waals surface area contributed by atoms with Gasteiger partial charge in [0, 0.05) is 11.3 Å². The minimum Gasteiger partial charge on any atom is -0.505 e. The Morgan fingerprint density at radius 3 is 2.19 bits per heavy atom. The minimum absolute atomic E-state index is 0.0317.